The third-order valence-electron chi connectivity index (χ3n) is 8.57. The first-order valence-electron chi connectivity index (χ1n) is 15.1. The first-order valence-corrected chi connectivity index (χ1v) is 19.3. The number of hydrogen-bond donors (Lipinski definition) is 0. The van der Waals surface area contributed by atoms with Crippen molar-refractivity contribution in [3.63, 3.8) is 0 Å². The molecule has 0 N–H and O–H groups in total. The molecule has 0 aliphatic carbocycles. The van der Waals surface area contributed by atoms with Crippen molar-refractivity contribution in [2.75, 3.05) is 0 Å². The predicted molar refractivity (Wildman–Crippen MR) is 217 cm³/mol. The molecule has 0 unspecified atom stereocenters. The molecular formula is C44H42Cl2SiZr-4. The van der Waals surface area contributed by atoms with Gasteiger partial charge in [-0.25, -0.2) is 0 Å². The Morgan fingerprint density at radius 3 is 1.52 bits per heavy atom. The van der Waals surface area contributed by atoms with E-state index in [4.69, 9.17) is 0 Å². The Morgan fingerprint density at radius 1 is 0.500 bits per heavy atom. The minimum absolute atomic E-state index is 0. The monoisotopic (exact) mass is 758 g/mol. The normalized spacial score (nSPS) is 10.1. The zero-order valence-corrected chi connectivity index (χ0v) is 33.3. The first kappa shape index (κ1) is 40.9. The average molecular weight is 761 g/mol. The molecule has 0 fully saturated rings. The molecule has 0 nitrogen and oxygen atoms in total. The van der Waals surface area contributed by atoms with Crippen LogP contribution >= 0.6 is 24.8 Å². The van der Waals surface area contributed by atoms with Gasteiger partial charge >= 0.3 is 30.2 Å². The van der Waals surface area contributed by atoms with Gasteiger partial charge in [0.25, 0.3) is 0 Å². The Hall–Kier alpha value is -3.26. The molecule has 0 amide bonds. The van der Waals surface area contributed by atoms with Crippen LogP contribution < -0.4 is 0 Å². The van der Waals surface area contributed by atoms with Gasteiger partial charge in [0, 0.05) is 0 Å². The average Bonchev–Trinajstić information content (AvgIpc) is 3.66. The van der Waals surface area contributed by atoms with Gasteiger partial charge in [0.15, 0.2) is 0 Å². The van der Waals surface area contributed by atoms with Crippen LogP contribution in [0, 0.1) is 21.8 Å². The van der Waals surface area contributed by atoms with Gasteiger partial charge < -0.3 is 14.9 Å². The summed E-state index contributed by atoms with van der Waals surface area (Å²) in [5, 5.41) is 10.6. The fraction of sp³-hybridized carbons (Fsp3) is 0.0909. The molecule has 8 aromatic rings. The van der Waals surface area contributed by atoms with Crippen LogP contribution in [-0.2, 0) is 23.3 Å². The van der Waals surface area contributed by atoms with E-state index in [-0.39, 0.29) is 39.7 Å². The molecule has 0 aromatic heterocycles. The molecule has 0 saturated carbocycles. The molecule has 2 radical (unpaired) electrons. The number of rotatable bonds is 3. The number of aryl methyl sites for hydroxylation is 1. The zero-order valence-electron chi connectivity index (χ0n) is 28.3. The van der Waals surface area contributed by atoms with Crippen LogP contribution in [0.25, 0.3) is 65.3 Å². The van der Waals surface area contributed by atoms with Gasteiger partial charge in [-0.2, -0.15) is 6.07 Å². The second kappa shape index (κ2) is 18.5. The maximum absolute atomic E-state index is 3.06. The zero-order chi connectivity index (χ0) is 30.6. The second-order valence-corrected chi connectivity index (χ2v) is 11.6. The van der Waals surface area contributed by atoms with Crippen LogP contribution in [0.3, 0.4) is 0 Å². The summed E-state index contributed by atoms with van der Waals surface area (Å²) >= 11 is 1.36. The van der Waals surface area contributed by atoms with E-state index in [9.17, 15) is 0 Å². The molecule has 0 heterocycles. The summed E-state index contributed by atoms with van der Waals surface area (Å²) in [7, 11) is 0. The molecule has 48 heavy (non-hydrogen) atoms. The van der Waals surface area contributed by atoms with Gasteiger partial charge in [0.05, 0.1) is 0 Å². The van der Waals surface area contributed by atoms with Crippen LogP contribution in [0.5, 0.6) is 0 Å². The summed E-state index contributed by atoms with van der Waals surface area (Å²) < 4.78 is 0. The van der Waals surface area contributed by atoms with Crippen molar-refractivity contribution in [1.82, 2.24) is 0 Å². The first-order chi connectivity index (χ1) is 21.6. The van der Waals surface area contributed by atoms with Gasteiger partial charge in [0.1, 0.15) is 0 Å². The molecule has 0 atom stereocenters. The summed E-state index contributed by atoms with van der Waals surface area (Å²) in [5.41, 5.74) is 8.13. The van der Waals surface area contributed by atoms with Crippen molar-refractivity contribution < 1.29 is 23.3 Å². The topological polar surface area (TPSA) is 0 Å². The Morgan fingerprint density at radius 2 is 0.917 bits per heavy atom. The summed E-state index contributed by atoms with van der Waals surface area (Å²) in [6.07, 6.45) is 0. The van der Waals surface area contributed by atoms with Crippen molar-refractivity contribution in [2.45, 2.75) is 26.7 Å². The predicted octanol–water partition coefficient (Wildman–Crippen LogP) is 13.6. The fourth-order valence-electron chi connectivity index (χ4n) is 6.46. The van der Waals surface area contributed by atoms with Crippen LogP contribution in [-0.4, -0.2) is 6.88 Å². The summed E-state index contributed by atoms with van der Waals surface area (Å²) in [5.74, 6) is 0.563. The van der Waals surface area contributed by atoms with E-state index in [1.165, 1.54) is 99.8 Å². The second-order valence-electron chi connectivity index (χ2n) is 11.6. The van der Waals surface area contributed by atoms with E-state index in [2.05, 4.69) is 173 Å². The van der Waals surface area contributed by atoms with E-state index < -0.39 is 0 Å². The van der Waals surface area contributed by atoms with E-state index in [0.717, 1.165) is 0 Å². The standard InChI is InChI=1S/C22H19.C20H15.2CH3.2ClH.Si.Zr/c1-15(2)18-13-17-9-6-12-21(22(17)14-18)20-11-5-8-16-7-3-4-10-19(16)20;1-14-13-16-8-3-5-11-18(16)20(14)19-12-6-9-15-7-2-4-10-17(15)19;;;;;;/h3-15H,1-2H3;2-13H,1H3;2*1H3;2*1H;;/q4*-1;;;;. The molecule has 0 aliphatic heterocycles. The van der Waals surface area contributed by atoms with Crippen molar-refractivity contribution in [1.29, 1.82) is 0 Å². The molecule has 4 heteroatoms. The number of hydrogen-bond acceptors (Lipinski definition) is 0. The molecule has 244 valence electrons. The molecule has 0 aliphatic rings. The molecule has 8 rings (SSSR count). The molecule has 0 spiro atoms. The Bertz CT molecular complexity index is 2210. The van der Waals surface area contributed by atoms with Crippen LogP contribution in [0.2, 0.25) is 0 Å². The van der Waals surface area contributed by atoms with E-state index in [0.29, 0.717) is 5.92 Å². The number of fused-ring (bicyclic) bond motifs is 4. The molecule has 0 bridgehead atoms. The van der Waals surface area contributed by atoms with E-state index in [1.54, 1.807) is 0 Å². The molecule has 8 aromatic carbocycles. The van der Waals surface area contributed by atoms with Gasteiger partial charge in [0.2, 0.25) is 0 Å². The Kier molecular flexibility index (Phi) is 15.8. The SMILES string of the molecule is CC(C)c1cc2c(-c3cccc4ccccc34)cccc2[cH-]1.Cc1[cH-]c2ccccc2c1-c1cccc2ccccc12.Cl.Cl.[CH3-].[CH3-].[Si]=[Zr]. The maximum atomic E-state index is 3.06. The fourth-order valence-corrected chi connectivity index (χ4v) is 6.46. The third-order valence-corrected chi connectivity index (χ3v) is 8.57. The Balaban J connectivity index is 0.000000295. The van der Waals surface area contributed by atoms with Crippen LogP contribution in [0.15, 0.2) is 146 Å². The number of benzene rings is 6. The van der Waals surface area contributed by atoms with Gasteiger partial charge in [-0.1, -0.05) is 129 Å². The van der Waals surface area contributed by atoms with Crippen molar-refractivity contribution in [3.05, 3.63) is 172 Å². The minimum atomic E-state index is 0. The van der Waals surface area contributed by atoms with Gasteiger partial charge in [-0.05, 0) is 33.0 Å². The van der Waals surface area contributed by atoms with Crippen molar-refractivity contribution in [3.8, 4) is 22.3 Å². The molecular weight excluding hydrogens is 719 g/mol. The van der Waals surface area contributed by atoms with Crippen molar-refractivity contribution >= 4 is 74.8 Å². The third kappa shape index (κ3) is 8.12. The summed E-state index contributed by atoms with van der Waals surface area (Å²) in [6, 6.07) is 52.6. The van der Waals surface area contributed by atoms with Crippen molar-refractivity contribution in [2.24, 2.45) is 0 Å². The quantitative estimate of drug-likeness (QED) is 0.124. The Labute approximate surface area is 316 Å². The molecule has 0 saturated heterocycles. The van der Waals surface area contributed by atoms with Gasteiger partial charge in [-0.15, -0.1) is 106 Å². The van der Waals surface area contributed by atoms with E-state index >= 15 is 0 Å². The number of halogens is 2. The summed E-state index contributed by atoms with van der Waals surface area (Å²) in [6.45, 7) is 9.78. The van der Waals surface area contributed by atoms with Crippen LogP contribution in [0.1, 0.15) is 30.9 Å². The summed E-state index contributed by atoms with van der Waals surface area (Å²) in [4.78, 5) is 0. The van der Waals surface area contributed by atoms with E-state index in [1.807, 2.05) is 0 Å². The van der Waals surface area contributed by atoms with Gasteiger partial charge in [-0.3, -0.25) is 0 Å². The van der Waals surface area contributed by atoms with Crippen LogP contribution in [0.4, 0.5) is 0 Å².